The molecule has 3 aliphatic carbocycles. The number of aryl methyl sites for hydroxylation is 1. The van der Waals surface area contributed by atoms with E-state index in [1.807, 2.05) is 4.90 Å². The van der Waals surface area contributed by atoms with Crippen molar-refractivity contribution in [2.75, 3.05) is 25.0 Å². The largest absolute Gasteiger partial charge is 0.378 e. The minimum absolute atomic E-state index is 0.00516. The molecule has 5 aromatic rings. The maximum absolute atomic E-state index is 15.6. The number of alkyl halides is 4. The summed E-state index contributed by atoms with van der Waals surface area (Å²) in [5.41, 5.74) is -2.76. The number of carbonyl (C=O) groups excluding carboxylic acids is 2. The topological polar surface area (TPSA) is 130 Å². The molecule has 1 saturated heterocycles. The molecule has 0 spiro atoms. The first-order valence-electron chi connectivity index (χ1n) is 19.8. The normalized spacial score (nSPS) is 22.5. The van der Waals surface area contributed by atoms with Crippen molar-refractivity contribution >= 4 is 40.3 Å². The Kier molecular flexibility index (Phi) is 9.79. The van der Waals surface area contributed by atoms with Gasteiger partial charge in [-0.05, 0) is 107 Å². The number of likely N-dealkylation sites (tertiary alicyclic amines) is 1. The van der Waals surface area contributed by atoms with Crippen LogP contribution in [0.15, 0.2) is 42.5 Å². The molecule has 1 aliphatic heterocycles. The second-order valence-corrected chi connectivity index (χ2v) is 17.4. The minimum atomic E-state index is -3.57. The Hall–Kier alpha value is -5.44. The first kappa shape index (κ1) is 40.9. The number of hydrogen-bond donors (Lipinski definition) is 3. The lowest BCUT2D eigenvalue weighted by molar-refractivity contribution is -0.117. The van der Waals surface area contributed by atoms with Gasteiger partial charge in [0.05, 0.1) is 28.2 Å². The Morgan fingerprint density at radius 3 is 2.44 bits per heavy atom. The van der Waals surface area contributed by atoms with Crippen LogP contribution in [0.2, 0.25) is 5.02 Å². The van der Waals surface area contributed by atoms with Gasteiger partial charge in [0.25, 0.3) is 12.3 Å². The molecule has 4 atom stereocenters. The number of nitrogens with zero attached hydrogens (tertiary/aromatic N) is 6. The summed E-state index contributed by atoms with van der Waals surface area (Å²) in [5.74, 6) is -1.84. The molecule has 2 amide bonds. The van der Waals surface area contributed by atoms with Crippen LogP contribution in [0.1, 0.15) is 85.8 Å². The molecule has 4 aliphatic rings. The van der Waals surface area contributed by atoms with Gasteiger partial charge in [-0.1, -0.05) is 23.6 Å². The van der Waals surface area contributed by atoms with Crippen LogP contribution in [0, 0.1) is 29.4 Å². The van der Waals surface area contributed by atoms with Crippen LogP contribution in [0.5, 0.6) is 0 Å². The van der Waals surface area contributed by atoms with E-state index >= 15 is 8.78 Å². The number of hydrogen-bond acceptors (Lipinski definition) is 7. The predicted molar refractivity (Wildman–Crippen MR) is 212 cm³/mol. The van der Waals surface area contributed by atoms with Crippen molar-refractivity contribution < 1.29 is 41.0 Å². The molecule has 61 heavy (non-hydrogen) atoms. The number of anilines is 1. The Balaban J connectivity index is 1.17. The number of carbonyl (C=O) groups is 2. The summed E-state index contributed by atoms with van der Waals surface area (Å²) in [6, 6.07) is 7.43. The first-order chi connectivity index (χ1) is 28.8. The maximum atomic E-state index is 15.6. The van der Waals surface area contributed by atoms with E-state index in [1.165, 1.54) is 18.5 Å². The number of pyridine rings is 1. The molecule has 18 heteroatoms. The van der Waals surface area contributed by atoms with E-state index in [0.29, 0.717) is 32.8 Å². The zero-order valence-electron chi connectivity index (χ0n) is 33.1. The lowest BCUT2D eigenvalue weighted by atomic mass is 9.86. The third-order valence-electron chi connectivity index (χ3n) is 12.0. The van der Waals surface area contributed by atoms with Crippen molar-refractivity contribution in [2.45, 2.75) is 81.3 Å². The van der Waals surface area contributed by atoms with Crippen LogP contribution in [-0.4, -0.2) is 77.8 Å². The number of aromatic nitrogens is 5. The van der Waals surface area contributed by atoms with Gasteiger partial charge in [-0.15, -0.1) is 0 Å². The quantitative estimate of drug-likeness (QED) is 0.103. The van der Waals surface area contributed by atoms with E-state index < -0.39 is 70.3 Å². The molecule has 9 rings (SSSR count). The van der Waals surface area contributed by atoms with Gasteiger partial charge in [0.15, 0.2) is 5.82 Å². The molecule has 318 valence electrons. The summed E-state index contributed by atoms with van der Waals surface area (Å²) in [6.45, 7) is 4.72. The number of nitrogens with one attached hydrogen (secondary N) is 2. The highest BCUT2D eigenvalue weighted by atomic mass is 35.5. The molecule has 3 aromatic heterocycles. The summed E-state index contributed by atoms with van der Waals surface area (Å²) in [4.78, 5) is 34.2. The maximum Gasteiger partial charge on any atom is 0.342 e. The first-order valence-corrected chi connectivity index (χ1v) is 20.2. The fraction of sp³-hybridized carbons (Fsp3) is 0.419. The Morgan fingerprint density at radius 2 is 1.75 bits per heavy atom. The Morgan fingerprint density at radius 1 is 1.05 bits per heavy atom. The van der Waals surface area contributed by atoms with Gasteiger partial charge < -0.3 is 15.7 Å². The van der Waals surface area contributed by atoms with Crippen LogP contribution in [0.25, 0.3) is 22.0 Å². The zero-order valence-corrected chi connectivity index (χ0v) is 33.9. The second kappa shape index (κ2) is 14.6. The average Bonchev–Trinajstić information content (AvgIpc) is 3.85. The molecule has 0 bridgehead atoms. The molecule has 11 nitrogen and oxygen atoms in total. The third-order valence-corrected chi connectivity index (χ3v) is 12.3. The van der Waals surface area contributed by atoms with Crippen LogP contribution in [0.3, 0.4) is 0 Å². The molecule has 4 heterocycles. The standard InChI is InChI=1S/C43H39ClF6N8O3/c1-41(2,61)11-10-24-6-7-26(25-8-9-29(44)33-35(25)56(3)55-39(33)53-31(59)20-57-12-4-5-13-57)36(51-24)42(18-21-14-22(45)16-23(46)15-21)19-30(42)52-40(60)58-37-32(34(54-58)38(47)48)27-17-28(27)43(37,49)50/h6-9,14-16,27-28,30,38,61H,4-5,12-13,17-20H2,1-3H3,(H,52,60)(H,53,55,59)/t27-,28+,30?,42-/m0/s1. The van der Waals surface area contributed by atoms with E-state index in [9.17, 15) is 32.3 Å². The number of aliphatic hydroxyl groups is 1. The van der Waals surface area contributed by atoms with Gasteiger partial charge >= 0.3 is 6.03 Å². The molecular formula is C43H39ClF6N8O3. The second-order valence-electron chi connectivity index (χ2n) is 17.0. The highest BCUT2D eigenvalue weighted by Gasteiger charge is 2.68. The van der Waals surface area contributed by atoms with Crippen molar-refractivity contribution in [2.24, 2.45) is 13.0 Å². The number of benzene rings is 2. The highest BCUT2D eigenvalue weighted by molar-refractivity contribution is 6.37. The zero-order chi connectivity index (χ0) is 43.3. The highest BCUT2D eigenvalue weighted by Crippen LogP contribution is 2.68. The fourth-order valence-electron chi connectivity index (χ4n) is 9.20. The smallest absolute Gasteiger partial charge is 0.342 e. The average molecular weight is 865 g/mol. The molecule has 1 unspecified atom stereocenters. The monoisotopic (exact) mass is 864 g/mol. The SMILES string of the molecule is Cn1nc(NC(=O)CN2CCCC2)c2c(Cl)ccc(-c3ccc(C#CC(C)(C)O)nc3[C@@]3(Cc4cc(F)cc(F)c4)CC3NC(=O)n3nc(C(F)F)c4c3C(F)(F)[C@@H]3C[C@H]43)c21. The van der Waals surface area contributed by atoms with Gasteiger partial charge in [0.2, 0.25) is 5.91 Å². The van der Waals surface area contributed by atoms with Crippen molar-refractivity contribution in [1.29, 1.82) is 0 Å². The number of fused-ring (bicyclic) bond motifs is 4. The molecule has 2 aromatic carbocycles. The summed E-state index contributed by atoms with van der Waals surface area (Å²) in [6.07, 6.45) is -1.31. The predicted octanol–water partition coefficient (Wildman–Crippen LogP) is 7.58. The molecule has 3 fully saturated rings. The fourth-order valence-corrected chi connectivity index (χ4v) is 9.44. The number of rotatable bonds is 9. The van der Waals surface area contributed by atoms with Crippen LogP contribution in [0.4, 0.5) is 37.0 Å². The third kappa shape index (κ3) is 7.31. The van der Waals surface area contributed by atoms with Crippen molar-refractivity contribution in [3.63, 3.8) is 0 Å². The van der Waals surface area contributed by atoms with Gasteiger partial charge in [0, 0.05) is 47.2 Å². The van der Waals surface area contributed by atoms with Crippen LogP contribution >= 0.6 is 11.6 Å². The Bertz CT molecular complexity index is 2690. The van der Waals surface area contributed by atoms with Gasteiger partial charge in [0.1, 0.15) is 34.3 Å². The van der Waals surface area contributed by atoms with Crippen molar-refractivity contribution in [3.8, 4) is 23.0 Å². The van der Waals surface area contributed by atoms with E-state index in [1.54, 1.807) is 31.3 Å². The van der Waals surface area contributed by atoms with Crippen LogP contribution < -0.4 is 10.6 Å². The van der Waals surface area contributed by atoms with Crippen molar-refractivity contribution in [3.05, 3.63) is 93.0 Å². The lowest BCUT2D eigenvalue weighted by Crippen LogP contribution is -2.38. The number of amides is 2. The molecule has 0 radical (unpaired) electrons. The molecule has 3 N–H and O–H groups in total. The summed E-state index contributed by atoms with van der Waals surface area (Å²) in [5, 5.41) is 25.1. The van der Waals surface area contributed by atoms with Crippen LogP contribution in [-0.2, 0) is 29.6 Å². The minimum Gasteiger partial charge on any atom is -0.378 e. The van der Waals surface area contributed by atoms with Gasteiger partial charge in [-0.2, -0.15) is 23.7 Å². The van der Waals surface area contributed by atoms with E-state index in [4.69, 9.17) is 16.6 Å². The summed E-state index contributed by atoms with van der Waals surface area (Å²) in [7, 11) is 1.66. The number of halogens is 7. The molecule has 2 saturated carbocycles. The van der Waals surface area contributed by atoms with E-state index in [0.717, 1.165) is 38.1 Å². The molecular weight excluding hydrogens is 826 g/mol. The lowest BCUT2D eigenvalue weighted by Gasteiger charge is -2.23. The van der Waals surface area contributed by atoms with Gasteiger partial charge in [-0.3, -0.25) is 14.4 Å². The van der Waals surface area contributed by atoms with Gasteiger partial charge in [-0.25, -0.2) is 27.3 Å². The summed E-state index contributed by atoms with van der Waals surface area (Å²) >= 11 is 6.81. The van der Waals surface area contributed by atoms with E-state index in [2.05, 4.69) is 32.7 Å². The summed E-state index contributed by atoms with van der Waals surface area (Å²) < 4.78 is 90.9. The van der Waals surface area contributed by atoms with Crippen molar-refractivity contribution in [1.82, 2.24) is 34.8 Å². The Labute approximate surface area is 350 Å². The van der Waals surface area contributed by atoms with E-state index in [-0.39, 0.29) is 65.1 Å².